The van der Waals surface area contributed by atoms with Crippen LogP contribution in [0.3, 0.4) is 0 Å². The lowest BCUT2D eigenvalue weighted by molar-refractivity contribution is -0.704. The second-order valence-corrected chi connectivity index (χ2v) is 7.01. The maximum Gasteiger partial charge on any atom is 0.179 e. The van der Waals surface area contributed by atoms with Crippen molar-refractivity contribution < 1.29 is 4.57 Å². The normalized spacial score (nSPS) is 14.7. The second kappa shape index (κ2) is 7.89. The number of anilines is 1. The maximum atomic E-state index is 4.34. The van der Waals surface area contributed by atoms with E-state index in [1.54, 1.807) is 0 Å². The molecule has 126 valence electrons. The van der Waals surface area contributed by atoms with Gasteiger partial charge in [0.15, 0.2) is 17.9 Å². The molecule has 1 aliphatic rings. The van der Waals surface area contributed by atoms with E-state index in [2.05, 4.69) is 84.5 Å². The van der Waals surface area contributed by atoms with Crippen LogP contribution in [0.5, 0.6) is 0 Å². The highest BCUT2D eigenvalue weighted by atomic mass is 32.1. The number of rotatable bonds is 5. The molecule has 0 spiro atoms. The van der Waals surface area contributed by atoms with Crippen LogP contribution in [0.2, 0.25) is 0 Å². The van der Waals surface area contributed by atoms with Crippen LogP contribution in [0.15, 0.2) is 36.4 Å². The highest BCUT2D eigenvalue weighted by Gasteiger charge is 2.12. The van der Waals surface area contributed by atoms with Crippen molar-refractivity contribution in [2.45, 2.75) is 33.2 Å². The quantitative estimate of drug-likeness (QED) is 0.630. The van der Waals surface area contributed by atoms with Crippen molar-refractivity contribution >= 4 is 30.5 Å². The van der Waals surface area contributed by atoms with Crippen molar-refractivity contribution in [3.63, 3.8) is 0 Å². The molecule has 2 nitrogen and oxygen atoms in total. The van der Waals surface area contributed by atoms with Gasteiger partial charge in [-0.2, -0.15) is 17.2 Å². The molecule has 1 fully saturated rings. The Bertz CT molecular complexity index is 690. The molecule has 0 N–H and O–H groups in total. The Labute approximate surface area is 151 Å². The number of aryl methyl sites for hydroxylation is 2. The molecule has 0 amide bonds. The van der Waals surface area contributed by atoms with Crippen molar-refractivity contribution in [3.05, 3.63) is 58.9 Å². The van der Waals surface area contributed by atoms with Crippen LogP contribution in [0.4, 0.5) is 5.69 Å². The van der Waals surface area contributed by atoms with E-state index >= 15 is 0 Å². The smallest absolute Gasteiger partial charge is 0.179 e. The molecule has 2 aromatic rings. The minimum Gasteiger partial charge on any atom is -0.372 e. The summed E-state index contributed by atoms with van der Waals surface area (Å²) < 4.78 is 2.31. The molecule has 1 saturated heterocycles. The average molecular weight is 340 g/mol. The lowest BCUT2D eigenvalue weighted by Gasteiger charge is -2.17. The third-order valence-electron chi connectivity index (χ3n) is 4.76. The van der Waals surface area contributed by atoms with Crippen LogP contribution in [0.1, 0.15) is 35.4 Å². The number of hydrogen-bond acceptors (Lipinski definition) is 2. The SMILES string of the molecule is Cc1cc(/C=C/c2ccc(N3CCCC3)cc2)cc(C)[n+]1CCS. The molecule has 1 aromatic carbocycles. The van der Waals surface area contributed by atoms with Gasteiger partial charge in [0.05, 0.1) is 0 Å². The Hall–Kier alpha value is -1.74. The van der Waals surface area contributed by atoms with Gasteiger partial charge in [-0.15, -0.1) is 0 Å². The summed E-state index contributed by atoms with van der Waals surface area (Å²) in [6, 6.07) is 13.4. The standard InChI is InChI=1S/C21H26N2S/c1-17-15-20(16-18(2)23(17)13-14-24)6-5-19-7-9-21(10-8-19)22-11-3-4-12-22/h5-10,15-16H,3-4,11-14H2,1-2H3/p+1. The topological polar surface area (TPSA) is 7.12 Å². The van der Waals surface area contributed by atoms with Gasteiger partial charge in [0.2, 0.25) is 0 Å². The molecule has 2 heterocycles. The fourth-order valence-electron chi connectivity index (χ4n) is 3.47. The van der Waals surface area contributed by atoms with Gasteiger partial charge in [0, 0.05) is 50.5 Å². The molecule has 0 bridgehead atoms. The van der Waals surface area contributed by atoms with E-state index in [4.69, 9.17) is 0 Å². The molecule has 1 aliphatic heterocycles. The predicted octanol–water partition coefficient (Wildman–Crippen LogP) is 4.29. The number of benzene rings is 1. The van der Waals surface area contributed by atoms with E-state index in [9.17, 15) is 0 Å². The Morgan fingerprint density at radius 2 is 1.54 bits per heavy atom. The van der Waals surface area contributed by atoms with Crippen molar-refractivity contribution in [2.24, 2.45) is 0 Å². The molecule has 1 aromatic heterocycles. The first-order chi connectivity index (χ1) is 11.7. The van der Waals surface area contributed by atoms with Crippen LogP contribution >= 0.6 is 12.6 Å². The zero-order chi connectivity index (χ0) is 16.9. The number of pyridine rings is 1. The molecule has 0 aliphatic carbocycles. The van der Waals surface area contributed by atoms with Gasteiger partial charge in [-0.25, -0.2) is 0 Å². The molecule has 0 saturated carbocycles. The summed E-state index contributed by atoms with van der Waals surface area (Å²) in [7, 11) is 0. The highest BCUT2D eigenvalue weighted by Crippen LogP contribution is 2.21. The van der Waals surface area contributed by atoms with E-state index in [-0.39, 0.29) is 0 Å². The Morgan fingerprint density at radius 3 is 2.12 bits per heavy atom. The fourth-order valence-corrected chi connectivity index (χ4v) is 3.67. The van der Waals surface area contributed by atoms with Gasteiger partial charge in [0.1, 0.15) is 0 Å². The van der Waals surface area contributed by atoms with Crippen molar-refractivity contribution in [3.8, 4) is 0 Å². The van der Waals surface area contributed by atoms with Crippen molar-refractivity contribution in [2.75, 3.05) is 23.7 Å². The van der Waals surface area contributed by atoms with E-state index < -0.39 is 0 Å². The van der Waals surface area contributed by atoms with E-state index in [1.807, 2.05) is 0 Å². The van der Waals surface area contributed by atoms with Crippen molar-refractivity contribution in [1.82, 2.24) is 0 Å². The third-order valence-corrected chi connectivity index (χ3v) is 4.96. The van der Waals surface area contributed by atoms with Gasteiger partial charge in [-0.1, -0.05) is 24.3 Å². The lowest BCUT2D eigenvalue weighted by Crippen LogP contribution is -2.41. The van der Waals surface area contributed by atoms with Gasteiger partial charge in [-0.3, -0.25) is 0 Å². The number of hydrogen-bond donors (Lipinski definition) is 1. The zero-order valence-corrected chi connectivity index (χ0v) is 15.6. The average Bonchev–Trinajstić information content (AvgIpc) is 3.11. The first-order valence-corrected chi connectivity index (χ1v) is 9.45. The molecule has 0 radical (unpaired) electrons. The summed E-state index contributed by atoms with van der Waals surface area (Å²) in [6.07, 6.45) is 7.05. The molecule has 0 atom stereocenters. The molecule has 3 rings (SSSR count). The van der Waals surface area contributed by atoms with Crippen LogP contribution < -0.4 is 9.47 Å². The molecule has 3 heteroatoms. The maximum absolute atomic E-state index is 4.34. The first kappa shape index (κ1) is 17.1. The Morgan fingerprint density at radius 1 is 0.958 bits per heavy atom. The van der Waals surface area contributed by atoms with Crippen LogP contribution in [0.25, 0.3) is 12.2 Å². The first-order valence-electron chi connectivity index (χ1n) is 8.82. The summed E-state index contributed by atoms with van der Waals surface area (Å²) in [6.45, 7) is 7.69. The molecule has 0 unspecified atom stereocenters. The van der Waals surface area contributed by atoms with E-state index in [0.717, 1.165) is 12.3 Å². The molecular formula is C21H27N2S+. The van der Waals surface area contributed by atoms with Gasteiger partial charge in [-0.05, 0) is 36.1 Å². The number of thiol groups is 1. The second-order valence-electron chi connectivity index (χ2n) is 6.57. The third kappa shape index (κ3) is 4.02. The van der Waals surface area contributed by atoms with Gasteiger partial charge < -0.3 is 4.90 Å². The molecular weight excluding hydrogens is 312 g/mol. The lowest BCUT2D eigenvalue weighted by atomic mass is 10.1. The fraction of sp³-hybridized carbons (Fsp3) is 0.381. The van der Waals surface area contributed by atoms with Crippen LogP contribution in [-0.2, 0) is 6.54 Å². The summed E-state index contributed by atoms with van der Waals surface area (Å²) >= 11 is 4.34. The minimum atomic E-state index is 0.866. The van der Waals surface area contributed by atoms with Gasteiger partial charge >= 0.3 is 0 Å². The van der Waals surface area contributed by atoms with Gasteiger partial charge in [0.25, 0.3) is 0 Å². The van der Waals surface area contributed by atoms with Crippen LogP contribution in [0, 0.1) is 13.8 Å². The minimum absolute atomic E-state index is 0.866. The summed E-state index contributed by atoms with van der Waals surface area (Å²) in [5, 5.41) is 0. The Balaban J connectivity index is 1.73. The summed E-state index contributed by atoms with van der Waals surface area (Å²) in [5.41, 5.74) is 6.43. The monoisotopic (exact) mass is 339 g/mol. The highest BCUT2D eigenvalue weighted by molar-refractivity contribution is 7.80. The summed E-state index contributed by atoms with van der Waals surface area (Å²) in [5.74, 6) is 0.866. The summed E-state index contributed by atoms with van der Waals surface area (Å²) in [4.78, 5) is 2.47. The van der Waals surface area contributed by atoms with Crippen molar-refractivity contribution in [1.29, 1.82) is 0 Å². The predicted molar refractivity (Wildman–Crippen MR) is 107 cm³/mol. The number of nitrogens with zero attached hydrogens (tertiary/aromatic N) is 2. The number of aromatic nitrogens is 1. The van der Waals surface area contributed by atoms with Crippen LogP contribution in [-0.4, -0.2) is 18.8 Å². The van der Waals surface area contributed by atoms with E-state index in [0.29, 0.717) is 0 Å². The largest absolute Gasteiger partial charge is 0.372 e. The molecule has 24 heavy (non-hydrogen) atoms. The van der Waals surface area contributed by atoms with E-state index in [1.165, 1.54) is 54.1 Å². The zero-order valence-electron chi connectivity index (χ0n) is 14.7. The Kier molecular flexibility index (Phi) is 5.62.